The van der Waals surface area contributed by atoms with Crippen molar-refractivity contribution in [1.29, 1.82) is 0 Å². The molecule has 0 bridgehead atoms. The summed E-state index contributed by atoms with van der Waals surface area (Å²) in [7, 11) is 0. The van der Waals surface area contributed by atoms with Gasteiger partial charge in [-0.25, -0.2) is 9.37 Å². The van der Waals surface area contributed by atoms with Crippen LogP contribution in [-0.4, -0.2) is 33.4 Å². The number of ether oxygens (including phenoxy) is 1. The average molecular weight is 538 g/mol. The van der Waals surface area contributed by atoms with E-state index in [0.29, 0.717) is 33.7 Å². The molecule has 37 heavy (non-hydrogen) atoms. The molecule has 1 atom stereocenters. The van der Waals surface area contributed by atoms with E-state index >= 15 is 0 Å². The van der Waals surface area contributed by atoms with E-state index < -0.39 is 23.5 Å². The molecule has 1 aliphatic heterocycles. The third-order valence-corrected chi connectivity index (χ3v) is 7.31. The zero-order chi connectivity index (χ0) is 26.3. The molecule has 2 aromatic heterocycles. The molecule has 1 unspecified atom stereocenters. The fraction of sp³-hybridized carbons (Fsp3) is 0.185. The zero-order valence-electron chi connectivity index (χ0n) is 19.9. The molecule has 10 heteroatoms. The molecule has 188 valence electrons. The molecule has 1 aliphatic rings. The van der Waals surface area contributed by atoms with E-state index in [2.05, 4.69) is 9.97 Å². The molecule has 0 radical (unpaired) electrons. The van der Waals surface area contributed by atoms with Gasteiger partial charge in [-0.1, -0.05) is 29.9 Å². The first-order chi connectivity index (χ1) is 17.8. The summed E-state index contributed by atoms with van der Waals surface area (Å²) in [6.07, 6.45) is 3.92. The molecule has 7 nitrogen and oxygen atoms in total. The van der Waals surface area contributed by atoms with Crippen LogP contribution in [0.2, 0.25) is 5.02 Å². The Morgan fingerprint density at radius 1 is 1.19 bits per heavy atom. The van der Waals surface area contributed by atoms with Gasteiger partial charge in [-0.3, -0.25) is 19.5 Å². The van der Waals surface area contributed by atoms with E-state index in [1.54, 1.807) is 30.3 Å². The van der Waals surface area contributed by atoms with Crippen LogP contribution in [-0.2, 0) is 9.59 Å². The molecular weight excluding hydrogens is 517 g/mol. The highest BCUT2D eigenvalue weighted by molar-refractivity contribution is 7.22. The number of aryl methyl sites for hydroxylation is 1. The fourth-order valence-corrected chi connectivity index (χ4v) is 5.39. The lowest BCUT2D eigenvalue weighted by Crippen LogP contribution is -2.29. The number of ketones is 1. The number of Topliss-reactive ketones (excluding diaryl/α,β-unsaturated/α-hetero) is 1. The molecule has 1 amide bonds. The SMILES string of the molecule is CCCOc1ccc(/C(O)=C2\C(=O)C(=O)N(c3nc4cc(Cl)c(F)cc4s3)C2c2ccncc2)cc1C. The van der Waals surface area contributed by atoms with Crippen LogP contribution in [0, 0.1) is 12.7 Å². The number of hydrogen-bond donors (Lipinski definition) is 1. The first-order valence-corrected chi connectivity index (χ1v) is 12.7. The van der Waals surface area contributed by atoms with E-state index in [4.69, 9.17) is 16.3 Å². The Labute approximate surface area is 220 Å². The van der Waals surface area contributed by atoms with Gasteiger partial charge in [0.2, 0.25) is 0 Å². The summed E-state index contributed by atoms with van der Waals surface area (Å²) in [6.45, 7) is 4.40. The van der Waals surface area contributed by atoms with Gasteiger partial charge in [-0.2, -0.15) is 0 Å². The minimum absolute atomic E-state index is 0.0821. The number of carbonyl (C=O) groups excluding carboxylic acids is 2. The molecule has 0 aliphatic carbocycles. The Morgan fingerprint density at radius 3 is 2.65 bits per heavy atom. The molecule has 3 heterocycles. The number of aliphatic hydroxyl groups excluding tert-OH is 1. The summed E-state index contributed by atoms with van der Waals surface area (Å²) in [5.74, 6) is -1.97. The maximum atomic E-state index is 14.1. The van der Waals surface area contributed by atoms with Crippen LogP contribution >= 0.6 is 22.9 Å². The summed E-state index contributed by atoms with van der Waals surface area (Å²) in [5.41, 5.74) is 2.01. The predicted octanol–water partition coefficient (Wildman–Crippen LogP) is 6.21. The molecule has 0 spiro atoms. The van der Waals surface area contributed by atoms with Gasteiger partial charge in [0, 0.05) is 18.0 Å². The van der Waals surface area contributed by atoms with E-state index in [9.17, 15) is 19.1 Å². The maximum absolute atomic E-state index is 14.1. The van der Waals surface area contributed by atoms with Crippen molar-refractivity contribution in [1.82, 2.24) is 9.97 Å². The Kier molecular flexibility index (Phi) is 6.66. The number of amides is 1. The highest BCUT2D eigenvalue weighted by Gasteiger charge is 2.48. The van der Waals surface area contributed by atoms with E-state index in [1.165, 1.54) is 29.4 Å². The third kappa shape index (κ3) is 4.45. The van der Waals surface area contributed by atoms with Crippen molar-refractivity contribution < 1.29 is 23.8 Å². The minimum atomic E-state index is -0.972. The summed E-state index contributed by atoms with van der Waals surface area (Å²) in [5, 5.41) is 11.4. The van der Waals surface area contributed by atoms with E-state index in [-0.39, 0.29) is 21.5 Å². The molecule has 2 aromatic carbocycles. The zero-order valence-corrected chi connectivity index (χ0v) is 21.4. The number of halogens is 2. The van der Waals surface area contributed by atoms with Crippen LogP contribution in [0.5, 0.6) is 5.75 Å². The van der Waals surface area contributed by atoms with Gasteiger partial charge in [0.25, 0.3) is 5.78 Å². The van der Waals surface area contributed by atoms with Crippen molar-refractivity contribution in [2.45, 2.75) is 26.3 Å². The summed E-state index contributed by atoms with van der Waals surface area (Å²) in [6, 6.07) is 10.0. The van der Waals surface area contributed by atoms with Gasteiger partial charge in [-0.05, 0) is 66.9 Å². The lowest BCUT2D eigenvalue weighted by Gasteiger charge is -2.22. The topological polar surface area (TPSA) is 92.6 Å². The van der Waals surface area contributed by atoms with Gasteiger partial charge in [0.15, 0.2) is 5.13 Å². The molecule has 4 aromatic rings. The standard InChI is InChI=1S/C27H21ClFN3O4S/c1-3-10-36-20-5-4-16(11-14(20)2)24(33)22-23(15-6-8-30-9-7-15)32(26(35)25(22)34)27-31-19-12-17(28)18(29)13-21(19)37-27/h4-9,11-13,23,33H,3,10H2,1-2H3/b24-22+. The highest BCUT2D eigenvalue weighted by atomic mass is 35.5. The normalized spacial score (nSPS) is 17.1. The minimum Gasteiger partial charge on any atom is -0.507 e. The third-order valence-electron chi connectivity index (χ3n) is 6.00. The number of pyridine rings is 1. The number of hydrogen-bond acceptors (Lipinski definition) is 7. The number of aromatic nitrogens is 2. The van der Waals surface area contributed by atoms with Crippen molar-refractivity contribution in [3.05, 3.63) is 88.0 Å². The number of benzene rings is 2. The number of rotatable bonds is 6. The van der Waals surface area contributed by atoms with Crippen LogP contribution in [0.4, 0.5) is 9.52 Å². The number of anilines is 1. The maximum Gasteiger partial charge on any atom is 0.301 e. The first kappa shape index (κ1) is 24.9. The number of nitrogens with zero attached hydrogens (tertiary/aromatic N) is 3. The van der Waals surface area contributed by atoms with Crippen molar-refractivity contribution >= 4 is 55.7 Å². The predicted molar refractivity (Wildman–Crippen MR) is 141 cm³/mol. The molecule has 1 N–H and O–H groups in total. The lowest BCUT2D eigenvalue weighted by atomic mass is 9.95. The van der Waals surface area contributed by atoms with Crippen molar-refractivity contribution in [2.75, 3.05) is 11.5 Å². The second kappa shape index (κ2) is 9.91. The van der Waals surface area contributed by atoms with E-state index in [1.807, 2.05) is 13.8 Å². The quantitative estimate of drug-likeness (QED) is 0.179. The summed E-state index contributed by atoms with van der Waals surface area (Å²) < 4.78 is 20.2. The fourth-order valence-electron chi connectivity index (χ4n) is 4.23. The van der Waals surface area contributed by atoms with Gasteiger partial charge in [0.1, 0.15) is 17.3 Å². The number of thiazole rings is 1. The molecule has 1 fully saturated rings. The average Bonchev–Trinajstić information content (AvgIpc) is 3.41. The van der Waals surface area contributed by atoms with Crippen molar-refractivity contribution in [2.24, 2.45) is 0 Å². The monoisotopic (exact) mass is 537 g/mol. The first-order valence-electron chi connectivity index (χ1n) is 11.5. The largest absolute Gasteiger partial charge is 0.507 e. The van der Waals surface area contributed by atoms with Crippen LogP contribution < -0.4 is 9.64 Å². The van der Waals surface area contributed by atoms with Crippen LogP contribution in [0.25, 0.3) is 16.0 Å². The Balaban J connectivity index is 1.66. The molecule has 1 saturated heterocycles. The number of aliphatic hydroxyl groups is 1. The highest BCUT2D eigenvalue weighted by Crippen LogP contribution is 2.44. The van der Waals surface area contributed by atoms with Crippen LogP contribution in [0.15, 0.2) is 60.4 Å². The molecular formula is C27H21ClFN3O4S. The number of carbonyl (C=O) groups is 2. The van der Waals surface area contributed by atoms with Gasteiger partial charge >= 0.3 is 5.91 Å². The van der Waals surface area contributed by atoms with Crippen LogP contribution in [0.3, 0.4) is 0 Å². The van der Waals surface area contributed by atoms with Gasteiger partial charge in [0.05, 0.1) is 33.5 Å². The number of fused-ring (bicyclic) bond motifs is 1. The lowest BCUT2D eigenvalue weighted by molar-refractivity contribution is -0.132. The second-order valence-electron chi connectivity index (χ2n) is 8.51. The van der Waals surface area contributed by atoms with Crippen LogP contribution in [0.1, 0.15) is 36.1 Å². The molecule has 5 rings (SSSR count). The summed E-state index contributed by atoms with van der Waals surface area (Å²) >= 11 is 6.97. The Hall–Kier alpha value is -3.82. The van der Waals surface area contributed by atoms with Crippen molar-refractivity contribution in [3.8, 4) is 5.75 Å². The van der Waals surface area contributed by atoms with Gasteiger partial charge < -0.3 is 9.84 Å². The Morgan fingerprint density at radius 2 is 1.95 bits per heavy atom. The summed E-state index contributed by atoms with van der Waals surface area (Å²) in [4.78, 5) is 36.4. The molecule has 0 saturated carbocycles. The smallest absolute Gasteiger partial charge is 0.301 e. The van der Waals surface area contributed by atoms with E-state index in [0.717, 1.165) is 23.3 Å². The second-order valence-corrected chi connectivity index (χ2v) is 9.93. The van der Waals surface area contributed by atoms with Crippen molar-refractivity contribution in [3.63, 3.8) is 0 Å². The Bertz CT molecular complexity index is 1530. The van der Waals surface area contributed by atoms with Gasteiger partial charge in [-0.15, -0.1) is 0 Å².